The first-order valence-corrected chi connectivity index (χ1v) is 6.26. The third kappa shape index (κ3) is 2.34. The van der Waals surface area contributed by atoms with E-state index in [2.05, 4.69) is 12.2 Å². The SMILES string of the molecule is CCc1c(C(C)=O)ccc(SC)c1NC. The molecular weight excluding hydrogens is 206 g/mol. The Balaban J connectivity index is 3.40. The molecule has 0 spiro atoms. The fraction of sp³-hybridized carbons (Fsp3) is 0.417. The number of ketones is 1. The molecule has 1 aromatic rings. The molecule has 15 heavy (non-hydrogen) atoms. The van der Waals surface area contributed by atoms with Gasteiger partial charge in [0.2, 0.25) is 0 Å². The Bertz CT molecular complexity index is 374. The highest BCUT2D eigenvalue weighted by molar-refractivity contribution is 7.98. The van der Waals surface area contributed by atoms with E-state index >= 15 is 0 Å². The molecule has 82 valence electrons. The number of benzene rings is 1. The molecule has 2 nitrogen and oxygen atoms in total. The van der Waals surface area contributed by atoms with Crippen molar-refractivity contribution in [2.24, 2.45) is 0 Å². The van der Waals surface area contributed by atoms with E-state index in [1.807, 2.05) is 25.4 Å². The van der Waals surface area contributed by atoms with Crippen LogP contribution in [0.2, 0.25) is 0 Å². The monoisotopic (exact) mass is 223 g/mol. The Labute approximate surface area is 95.5 Å². The van der Waals surface area contributed by atoms with Crippen LogP contribution in [0.1, 0.15) is 29.8 Å². The molecule has 0 aliphatic carbocycles. The number of carbonyl (C=O) groups excluding carboxylic acids is 1. The average molecular weight is 223 g/mol. The van der Waals surface area contributed by atoms with Gasteiger partial charge in [-0.15, -0.1) is 11.8 Å². The topological polar surface area (TPSA) is 29.1 Å². The minimum absolute atomic E-state index is 0.135. The highest BCUT2D eigenvalue weighted by atomic mass is 32.2. The number of rotatable bonds is 4. The molecular formula is C12H17NOS. The first-order chi connectivity index (χ1) is 7.15. The van der Waals surface area contributed by atoms with Crippen molar-refractivity contribution in [1.29, 1.82) is 0 Å². The van der Waals surface area contributed by atoms with Crippen molar-refractivity contribution in [2.75, 3.05) is 18.6 Å². The summed E-state index contributed by atoms with van der Waals surface area (Å²) in [6.07, 6.45) is 2.92. The average Bonchev–Trinajstić information content (AvgIpc) is 2.26. The number of Topliss-reactive ketones (excluding diaryl/α,β-unsaturated/α-hetero) is 1. The molecule has 1 N–H and O–H groups in total. The third-order valence-corrected chi connectivity index (χ3v) is 3.26. The van der Waals surface area contributed by atoms with Gasteiger partial charge in [0.25, 0.3) is 0 Å². The van der Waals surface area contributed by atoms with Gasteiger partial charge in [0, 0.05) is 17.5 Å². The van der Waals surface area contributed by atoms with Crippen molar-refractivity contribution in [3.63, 3.8) is 0 Å². The predicted octanol–water partition coefficient (Wildman–Crippen LogP) is 3.22. The number of hydrogen-bond acceptors (Lipinski definition) is 3. The van der Waals surface area contributed by atoms with Crippen LogP contribution in [-0.4, -0.2) is 19.1 Å². The number of nitrogens with one attached hydrogen (secondary N) is 1. The molecule has 1 aromatic carbocycles. The van der Waals surface area contributed by atoms with Crippen LogP contribution in [0.15, 0.2) is 17.0 Å². The molecule has 0 radical (unpaired) electrons. The first-order valence-electron chi connectivity index (χ1n) is 5.04. The van der Waals surface area contributed by atoms with Gasteiger partial charge in [0.1, 0.15) is 0 Å². The summed E-state index contributed by atoms with van der Waals surface area (Å²) in [4.78, 5) is 12.7. The van der Waals surface area contributed by atoms with Crippen molar-refractivity contribution in [3.8, 4) is 0 Å². The minimum Gasteiger partial charge on any atom is -0.387 e. The van der Waals surface area contributed by atoms with Crippen molar-refractivity contribution in [3.05, 3.63) is 23.3 Å². The van der Waals surface area contributed by atoms with E-state index in [0.29, 0.717) is 0 Å². The van der Waals surface area contributed by atoms with E-state index < -0.39 is 0 Å². The van der Waals surface area contributed by atoms with Crippen LogP contribution in [0.3, 0.4) is 0 Å². The van der Waals surface area contributed by atoms with Crippen molar-refractivity contribution in [1.82, 2.24) is 0 Å². The molecule has 1 rings (SSSR count). The Morgan fingerprint density at radius 3 is 2.53 bits per heavy atom. The second kappa shape index (κ2) is 5.21. The standard InChI is InChI=1S/C12H17NOS/c1-5-9-10(8(2)14)6-7-11(15-4)12(9)13-3/h6-7,13H,5H2,1-4H3. The maximum Gasteiger partial charge on any atom is 0.160 e. The van der Waals surface area contributed by atoms with E-state index in [0.717, 1.165) is 23.2 Å². The van der Waals surface area contributed by atoms with Gasteiger partial charge >= 0.3 is 0 Å². The van der Waals surface area contributed by atoms with Gasteiger partial charge in [-0.3, -0.25) is 4.79 Å². The molecule has 0 amide bonds. The first kappa shape index (κ1) is 12.1. The second-order valence-corrected chi connectivity index (χ2v) is 4.18. The Morgan fingerprint density at radius 1 is 1.47 bits per heavy atom. The molecule has 0 atom stereocenters. The highest BCUT2D eigenvalue weighted by Gasteiger charge is 2.12. The van der Waals surface area contributed by atoms with E-state index in [9.17, 15) is 4.79 Å². The van der Waals surface area contributed by atoms with Gasteiger partial charge in [0.05, 0.1) is 5.69 Å². The summed E-state index contributed by atoms with van der Waals surface area (Å²) >= 11 is 1.70. The van der Waals surface area contributed by atoms with Crippen LogP contribution >= 0.6 is 11.8 Å². The van der Waals surface area contributed by atoms with Crippen LogP contribution in [0.5, 0.6) is 0 Å². The zero-order chi connectivity index (χ0) is 11.4. The lowest BCUT2D eigenvalue weighted by Crippen LogP contribution is -2.04. The number of anilines is 1. The van der Waals surface area contributed by atoms with E-state index in [-0.39, 0.29) is 5.78 Å². The van der Waals surface area contributed by atoms with E-state index in [1.54, 1.807) is 18.7 Å². The quantitative estimate of drug-likeness (QED) is 0.627. The van der Waals surface area contributed by atoms with E-state index in [1.165, 1.54) is 4.90 Å². The summed E-state index contributed by atoms with van der Waals surface area (Å²) in [5, 5.41) is 3.19. The molecule has 0 aromatic heterocycles. The van der Waals surface area contributed by atoms with Gasteiger partial charge in [0.15, 0.2) is 5.78 Å². The van der Waals surface area contributed by atoms with Crippen molar-refractivity contribution < 1.29 is 4.79 Å². The number of hydrogen-bond donors (Lipinski definition) is 1. The lowest BCUT2D eigenvalue weighted by Gasteiger charge is -2.15. The lowest BCUT2D eigenvalue weighted by atomic mass is 10.00. The zero-order valence-corrected chi connectivity index (χ0v) is 10.5. The summed E-state index contributed by atoms with van der Waals surface area (Å²) in [5.74, 6) is 0.135. The summed E-state index contributed by atoms with van der Waals surface area (Å²) in [7, 11) is 1.90. The van der Waals surface area contributed by atoms with Crippen LogP contribution < -0.4 is 5.32 Å². The normalized spacial score (nSPS) is 10.1. The largest absolute Gasteiger partial charge is 0.387 e. The smallest absolute Gasteiger partial charge is 0.160 e. The van der Waals surface area contributed by atoms with Gasteiger partial charge in [-0.25, -0.2) is 0 Å². The molecule has 3 heteroatoms. The maximum absolute atomic E-state index is 11.5. The second-order valence-electron chi connectivity index (χ2n) is 3.33. The zero-order valence-electron chi connectivity index (χ0n) is 9.68. The Morgan fingerprint density at radius 2 is 2.13 bits per heavy atom. The minimum atomic E-state index is 0.135. The lowest BCUT2D eigenvalue weighted by molar-refractivity contribution is 0.101. The predicted molar refractivity (Wildman–Crippen MR) is 67.2 cm³/mol. The van der Waals surface area contributed by atoms with Crippen LogP contribution in [0.4, 0.5) is 5.69 Å². The molecule has 0 saturated heterocycles. The molecule has 0 saturated carbocycles. The summed E-state index contributed by atoms with van der Waals surface area (Å²) in [5.41, 5.74) is 3.05. The molecule has 0 bridgehead atoms. The summed E-state index contributed by atoms with van der Waals surface area (Å²) in [6.45, 7) is 3.69. The van der Waals surface area contributed by atoms with Gasteiger partial charge < -0.3 is 5.32 Å². The Kier molecular flexibility index (Phi) is 4.21. The van der Waals surface area contributed by atoms with Gasteiger partial charge in [-0.1, -0.05) is 6.92 Å². The fourth-order valence-corrected chi connectivity index (χ4v) is 2.40. The number of carbonyl (C=O) groups is 1. The van der Waals surface area contributed by atoms with Crippen molar-refractivity contribution >= 4 is 23.2 Å². The molecule has 0 heterocycles. The molecule has 0 unspecified atom stereocenters. The third-order valence-electron chi connectivity index (χ3n) is 2.48. The van der Waals surface area contributed by atoms with Gasteiger partial charge in [-0.05, 0) is 37.3 Å². The summed E-state index contributed by atoms with van der Waals surface area (Å²) < 4.78 is 0. The van der Waals surface area contributed by atoms with Gasteiger partial charge in [-0.2, -0.15) is 0 Å². The maximum atomic E-state index is 11.5. The van der Waals surface area contributed by atoms with E-state index in [4.69, 9.17) is 0 Å². The molecule has 0 fully saturated rings. The fourth-order valence-electron chi connectivity index (χ4n) is 1.77. The molecule has 0 aliphatic heterocycles. The van der Waals surface area contributed by atoms with Crippen molar-refractivity contribution in [2.45, 2.75) is 25.2 Å². The summed E-state index contributed by atoms with van der Waals surface area (Å²) in [6, 6.07) is 3.93. The van der Waals surface area contributed by atoms with Crippen LogP contribution in [0, 0.1) is 0 Å². The highest BCUT2D eigenvalue weighted by Crippen LogP contribution is 2.31. The molecule has 0 aliphatic rings. The van der Waals surface area contributed by atoms with Crippen LogP contribution in [-0.2, 0) is 6.42 Å². The van der Waals surface area contributed by atoms with Crippen LogP contribution in [0.25, 0.3) is 0 Å². The number of thioether (sulfide) groups is 1. The Hall–Kier alpha value is -0.960.